The molecular weight excluding hydrogens is 554 g/mol. The summed E-state index contributed by atoms with van der Waals surface area (Å²) in [6, 6.07) is 4.95. The Morgan fingerprint density at radius 2 is 0.632 bits per heavy atom. The Morgan fingerprint density at radius 1 is 0.368 bits per heavy atom. The highest BCUT2D eigenvalue weighted by atomic mass is 19.4. The SMILES string of the molecule is Fc1c(F)c(C(F)(F)F)c(F)c(F)c1-c1ccc2cc(-c3c(F)c(F)c(C(F)(F)F)c(F)c3F)ccc2c1. The van der Waals surface area contributed by atoms with E-state index in [0.717, 1.165) is 36.4 Å². The summed E-state index contributed by atoms with van der Waals surface area (Å²) >= 11 is 0. The molecule has 0 unspecified atom stereocenters. The van der Waals surface area contributed by atoms with Crippen LogP contribution in [-0.4, -0.2) is 0 Å². The van der Waals surface area contributed by atoms with E-state index in [2.05, 4.69) is 0 Å². The Kier molecular flexibility index (Phi) is 6.35. The van der Waals surface area contributed by atoms with Crippen LogP contribution in [-0.2, 0) is 12.4 Å². The number of alkyl halides is 6. The highest BCUT2D eigenvalue weighted by Crippen LogP contribution is 2.42. The van der Waals surface area contributed by atoms with Crippen LogP contribution in [0, 0.1) is 46.5 Å². The first-order chi connectivity index (χ1) is 17.5. The minimum Gasteiger partial charge on any atom is -0.203 e. The van der Waals surface area contributed by atoms with Gasteiger partial charge in [0.05, 0.1) is 11.1 Å². The van der Waals surface area contributed by atoms with Gasteiger partial charge in [-0.25, -0.2) is 35.1 Å². The van der Waals surface area contributed by atoms with Crippen molar-refractivity contribution in [1.82, 2.24) is 0 Å². The van der Waals surface area contributed by atoms with Crippen molar-refractivity contribution in [2.75, 3.05) is 0 Å². The first-order valence-corrected chi connectivity index (χ1v) is 9.87. The van der Waals surface area contributed by atoms with Crippen molar-refractivity contribution in [3.8, 4) is 22.3 Å². The second-order valence-electron chi connectivity index (χ2n) is 7.78. The minimum absolute atomic E-state index is 0.112. The predicted molar refractivity (Wildman–Crippen MR) is 104 cm³/mol. The zero-order chi connectivity index (χ0) is 28.5. The number of fused-ring (bicyclic) bond motifs is 1. The summed E-state index contributed by atoms with van der Waals surface area (Å²) < 4.78 is 190. The third-order valence-corrected chi connectivity index (χ3v) is 5.51. The lowest BCUT2D eigenvalue weighted by Crippen LogP contribution is -2.16. The highest BCUT2D eigenvalue weighted by Gasteiger charge is 2.43. The Hall–Kier alpha value is -3.84. The normalized spacial score (nSPS) is 12.5. The van der Waals surface area contributed by atoms with Crippen LogP contribution in [0.15, 0.2) is 36.4 Å². The van der Waals surface area contributed by atoms with Gasteiger partial charge in [-0.3, -0.25) is 0 Å². The van der Waals surface area contributed by atoms with Crippen molar-refractivity contribution >= 4 is 10.8 Å². The average Bonchev–Trinajstić information content (AvgIpc) is 2.80. The van der Waals surface area contributed by atoms with Gasteiger partial charge in [-0.1, -0.05) is 24.3 Å². The van der Waals surface area contributed by atoms with Gasteiger partial charge < -0.3 is 0 Å². The molecule has 0 saturated carbocycles. The Labute approximate surface area is 201 Å². The third-order valence-electron chi connectivity index (χ3n) is 5.51. The zero-order valence-electron chi connectivity index (χ0n) is 17.8. The molecule has 14 heteroatoms. The summed E-state index contributed by atoms with van der Waals surface area (Å²) in [5.41, 5.74) is -9.94. The standard InChI is InChI=1S/C24H6F14/c25-15-11(16(26)20(30)13(19(15)29)23(33,34)35)9-3-1-7-5-10(4-2-8(7)6-9)12-17(27)21(31)14(24(36,37)38)22(32)18(12)28/h1-6H. The van der Waals surface area contributed by atoms with Gasteiger partial charge in [0.15, 0.2) is 46.5 Å². The molecule has 4 aromatic rings. The summed E-state index contributed by atoms with van der Waals surface area (Å²) in [7, 11) is 0. The lowest BCUT2D eigenvalue weighted by Gasteiger charge is -2.15. The van der Waals surface area contributed by atoms with Crippen molar-refractivity contribution in [2.24, 2.45) is 0 Å². The molecular formula is C24H6F14. The molecule has 0 N–H and O–H groups in total. The number of benzene rings is 4. The lowest BCUT2D eigenvalue weighted by molar-refractivity contribution is -0.144. The van der Waals surface area contributed by atoms with Crippen LogP contribution in [0.2, 0.25) is 0 Å². The molecule has 0 saturated heterocycles. The topological polar surface area (TPSA) is 0 Å². The van der Waals surface area contributed by atoms with E-state index in [0.29, 0.717) is 0 Å². The highest BCUT2D eigenvalue weighted by molar-refractivity contribution is 5.91. The van der Waals surface area contributed by atoms with Crippen LogP contribution in [0.5, 0.6) is 0 Å². The van der Waals surface area contributed by atoms with Gasteiger partial charge in [0, 0.05) is 0 Å². The van der Waals surface area contributed by atoms with E-state index in [4.69, 9.17) is 0 Å². The maximum absolute atomic E-state index is 14.4. The van der Waals surface area contributed by atoms with E-state index in [9.17, 15) is 61.5 Å². The van der Waals surface area contributed by atoms with Crippen LogP contribution >= 0.6 is 0 Å². The summed E-state index contributed by atoms with van der Waals surface area (Å²) in [6.07, 6.45) is -11.5. The van der Waals surface area contributed by atoms with Gasteiger partial charge in [-0.15, -0.1) is 0 Å². The molecule has 38 heavy (non-hydrogen) atoms. The third kappa shape index (κ3) is 4.21. The largest absolute Gasteiger partial charge is 0.422 e. The van der Waals surface area contributed by atoms with Gasteiger partial charge in [0.2, 0.25) is 0 Å². The second-order valence-corrected chi connectivity index (χ2v) is 7.78. The van der Waals surface area contributed by atoms with Crippen molar-refractivity contribution in [1.29, 1.82) is 0 Å². The molecule has 0 aliphatic carbocycles. The molecule has 4 rings (SSSR count). The fourth-order valence-corrected chi connectivity index (χ4v) is 3.82. The van der Waals surface area contributed by atoms with Crippen LogP contribution in [0.4, 0.5) is 61.5 Å². The first-order valence-electron chi connectivity index (χ1n) is 9.87. The number of halogens is 14. The maximum Gasteiger partial charge on any atom is 0.422 e. The van der Waals surface area contributed by atoms with E-state index in [-0.39, 0.29) is 10.8 Å². The van der Waals surface area contributed by atoms with Crippen molar-refractivity contribution in [3.63, 3.8) is 0 Å². The van der Waals surface area contributed by atoms with Crippen LogP contribution in [0.25, 0.3) is 33.0 Å². The summed E-state index contributed by atoms with van der Waals surface area (Å²) in [4.78, 5) is 0. The van der Waals surface area contributed by atoms with Gasteiger partial charge in [0.25, 0.3) is 0 Å². The van der Waals surface area contributed by atoms with Crippen LogP contribution in [0.3, 0.4) is 0 Å². The first kappa shape index (κ1) is 27.2. The predicted octanol–water partition coefficient (Wildman–Crippen LogP) is 9.32. The van der Waals surface area contributed by atoms with E-state index in [1.165, 1.54) is 0 Å². The van der Waals surface area contributed by atoms with Crippen molar-refractivity contribution in [3.05, 3.63) is 94.1 Å². The quantitative estimate of drug-likeness (QED) is 0.169. The molecule has 0 fully saturated rings. The fraction of sp³-hybridized carbons (Fsp3) is 0.0833. The molecule has 0 radical (unpaired) electrons. The molecule has 0 atom stereocenters. The summed E-state index contributed by atoms with van der Waals surface area (Å²) in [6.45, 7) is 0. The van der Waals surface area contributed by atoms with E-state index in [1.807, 2.05) is 0 Å². The minimum atomic E-state index is -5.77. The van der Waals surface area contributed by atoms with Gasteiger partial charge in [-0.2, -0.15) is 26.3 Å². The van der Waals surface area contributed by atoms with Crippen LogP contribution < -0.4 is 0 Å². The van der Waals surface area contributed by atoms with E-state index < -0.39 is 92.3 Å². The smallest absolute Gasteiger partial charge is 0.203 e. The van der Waals surface area contributed by atoms with Gasteiger partial charge in [-0.05, 0) is 34.0 Å². The Morgan fingerprint density at radius 3 is 0.868 bits per heavy atom. The average molecular weight is 560 g/mol. The Balaban J connectivity index is 1.88. The molecule has 0 bridgehead atoms. The summed E-state index contributed by atoms with van der Waals surface area (Å²) in [5.74, 6) is -20.3. The number of hydrogen-bond donors (Lipinski definition) is 0. The summed E-state index contributed by atoms with van der Waals surface area (Å²) in [5, 5.41) is -0.223. The molecule has 200 valence electrons. The molecule has 0 amide bonds. The molecule has 4 aromatic carbocycles. The van der Waals surface area contributed by atoms with Gasteiger partial charge in [0.1, 0.15) is 11.1 Å². The van der Waals surface area contributed by atoms with E-state index >= 15 is 0 Å². The zero-order valence-corrected chi connectivity index (χ0v) is 17.8. The second kappa shape index (κ2) is 8.88. The maximum atomic E-state index is 14.4. The lowest BCUT2D eigenvalue weighted by atomic mass is 9.95. The Bertz CT molecular complexity index is 1430. The molecule has 0 aliphatic heterocycles. The number of hydrogen-bond acceptors (Lipinski definition) is 0. The molecule has 0 spiro atoms. The molecule has 0 nitrogen and oxygen atoms in total. The van der Waals surface area contributed by atoms with E-state index in [1.54, 1.807) is 0 Å². The fourth-order valence-electron chi connectivity index (χ4n) is 3.82. The van der Waals surface area contributed by atoms with Crippen molar-refractivity contribution < 1.29 is 61.5 Å². The monoisotopic (exact) mass is 560 g/mol. The van der Waals surface area contributed by atoms with Crippen LogP contribution in [0.1, 0.15) is 11.1 Å². The molecule has 0 aromatic heterocycles. The van der Waals surface area contributed by atoms with Gasteiger partial charge >= 0.3 is 12.4 Å². The number of rotatable bonds is 2. The molecule has 0 heterocycles. The molecule has 0 aliphatic rings. The van der Waals surface area contributed by atoms with Crippen molar-refractivity contribution in [2.45, 2.75) is 12.4 Å².